The van der Waals surface area contributed by atoms with E-state index in [-0.39, 0.29) is 23.4 Å². The number of nitrogens with zero attached hydrogens (tertiary/aromatic N) is 2. The number of hydrogen-bond acceptors (Lipinski definition) is 4. The molecular formula is C18H25N3O4S. The standard InChI is InChI=1S/C18H25N3O4S/c1-3-12-26(24,25)13(2)17(22)20-10-8-14(9-11-20)21-16-7-5-4-6-15(16)19-18(21)23/h4-7,13-14H,3,8-12H2,1-2H3,(H,19,23). The van der Waals surface area contributed by atoms with Crippen molar-refractivity contribution in [2.45, 2.75) is 44.4 Å². The maximum Gasteiger partial charge on any atom is 0.326 e. The van der Waals surface area contributed by atoms with Crippen molar-refractivity contribution in [1.82, 2.24) is 14.5 Å². The van der Waals surface area contributed by atoms with Gasteiger partial charge in [0.2, 0.25) is 5.91 Å². The van der Waals surface area contributed by atoms with E-state index >= 15 is 0 Å². The third-order valence-electron chi connectivity index (χ3n) is 5.14. The monoisotopic (exact) mass is 379 g/mol. The second-order valence-corrected chi connectivity index (χ2v) is 9.32. The van der Waals surface area contributed by atoms with Crippen LogP contribution in [0.1, 0.15) is 39.2 Å². The van der Waals surface area contributed by atoms with Crippen LogP contribution < -0.4 is 5.69 Å². The summed E-state index contributed by atoms with van der Waals surface area (Å²) in [5, 5.41) is -1.00. The first-order valence-electron chi connectivity index (χ1n) is 9.04. The van der Waals surface area contributed by atoms with Crippen LogP contribution in [0.2, 0.25) is 0 Å². The minimum atomic E-state index is -3.40. The molecule has 0 spiro atoms. The first-order chi connectivity index (χ1) is 12.3. The van der Waals surface area contributed by atoms with Crippen molar-refractivity contribution in [2.75, 3.05) is 18.8 Å². The molecule has 7 nitrogen and oxygen atoms in total. The lowest BCUT2D eigenvalue weighted by Gasteiger charge is -2.34. The summed E-state index contributed by atoms with van der Waals surface area (Å²) < 4.78 is 26.1. The van der Waals surface area contributed by atoms with E-state index in [1.54, 1.807) is 16.4 Å². The zero-order valence-electron chi connectivity index (χ0n) is 15.1. The Morgan fingerprint density at radius 3 is 2.58 bits per heavy atom. The molecule has 2 aromatic rings. The third-order valence-corrected chi connectivity index (χ3v) is 7.40. The van der Waals surface area contributed by atoms with Gasteiger partial charge in [-0.05, 0) is 38.3 Å². The smallest absolute Gasteiger partial charge is 0.326 e. The van der Waals surface area contributed by atoms with Crippen LogP contribution in [0.4, 0.5) is 0 Å². The number of likely N-dealkylation sites (tertiary alicyclic amines) is 1. The number of para-hydroxylation sites is 2. The molecule has 0 radical (unpaired) electrons. The number of H-pyrrole nitrogens is 1. The predicted octanol–water partition coefficient (Wildman–Crippen LogP) is 1.71. The van der Waals surface area contributed by atoms with Gasteiger partial charge >= 0.3 is 5.69 Å². The fraction of sp³-hybridized carbons (Fsp3) is 0.556. The van der Waals surface area contributed by atoms with Crippen molar-refractivity contribution in [3.8, 4) is 0 Å². The molecule has 1 aromatic heterocycles. The van der Waals surface area contributed by atoms with Crippen molar-refractivity contribution < 1.29 is 13.2 Å². The predicted molar refractivity (Wildman–Crippen MR) is 101 cm³/mol. The number of amides is 1. The first kappa shape index (κ1) is 18.7. The second kappa shape index (κ2) is 7.26. The van der Waals surface area contributed by atoms with Crippen molar-refractivity contribution in [2.24, 2.45) is 0 Å². The van der Waals surface area contributed by atoms with Crippen molar-refractivity contribution in [3.05, 3.63) is 34.7 Å². The summed E-state index contributed by atoms with van der Waals surface area (Å²) in [5.41, 5.74) is 1.52. The largest absolute Gasteiger partial charge is 0.341 e. The molecule has 3 rings (SSSR count). The molecule has 1 N–H and O–H groups in total. The number of nitrogens with one attached hydrogen (secondary N) is 1. The van der Waals surface area contributed by atoms with Crippen LogP contribution in [0.3, 0.4) is 0 Å². The molecule has 1 aliphatic heterocycles. The number of imidazole rings is 1. The van der Waals surface area contributed by atoms with Crippen LogP contribution in [0.5, 0.6) is 0 Å². The number of hydrogen-bond donors (Lipinski definition) is 1. The summed E-state index contributed by atoms with van der Waals surface area (Å²) >= 11 is 0. The van der Waals surface area contributed by atoms with Crippen LogP contribution in [0, 0.1) is 0 Å². The number of aromatic amines is 1. The molecule has 1 amide bonds. The molecule has 26 heavy (non-hydrogen) atoms. The van der Waals surface area contributed by atoms with Gasteiger partial charge < -0.3 is 9.88 Å². The molecule has 1 aliphatic rings. The number of sulfone groups is 1. The summed E-state index contributed by atoms with van der Waals surface area (Å²) in [4.78, 5) is 29.4. The maximum absolute atomic E-state index is 12.6. The molecule has 8 heteroatoms. The lowest BCUT2D eigenvalue weighted by Crippen LogP contribution is -2.46. The number of carbonyl (C=O) groups excluding carboxylic acids is 1. The highest BCUT2D eigenvalue weighted by Crippen LogP contribution is 2.25. The number of carbonyl (C=O) groups is 1. The number of fused-ring (bicyclic) bond motifs is 1. The fourth-order valence-electron chi connectivity index (χ4n) is 3.65. The van der Waals surface area contributed by atoms with Crippen molar-refractivity contribution >= 4 is 26.8 Å². The molecule has 1 aromatic carbocycles. The minimum Gasteiger partial charge on any atom is -0.341 e. The highest BCUT2D eigenvalue weighted by molar-refractivity contribution is 7.92. The average molecular weight is 379 g/mol. The molecule has 0 aliphatic carbocycles. The summed E-state index contributed by atoms with van der Waals surface area (Å²) in [5.74, 6) is -0.302. The van der Waals surface area contributed by atoms with Crippen LogP contribution in [0.15, 0.2) is 29.1 Å². The zero-order valence-corrected chi connectivity index (χ0v) is 16.0. The molecule has 2 heterocycles. The van der Waals surface area contributed by atoms with Crippen molar-refractivity contribution in [1.29, 1.82) is 0 Å². The van der Waals surface area contributed by atoms with Crippen LogP contribution in [-0.2, 0) is 14.6 Å². The van der Waals surface area contributed by atoms with E-state index < -0.39 is 15.1 Å². The summed E-state index contributed by atoms with van der Waals surface area (Å²) in [6, 6.07) is 7.55. The topological polar surface area (TPSA) is 92.2 Å². The quantitative estimate of drug-likeness (QED) is 0.856. The van der Waals surface area contributed by atoms with E-state index in [0.717, 1.165) is 11.0 Å². The van der Waals surface area contributed by atoms with Crippen LogP contribution >= 0.6 is 0 Å². The van der Waals surface area contributed by atoms with Gasteiger partial charge in [0.05, 0.1) is 16.8 Å². The minimum absolute atomic E-state index is 0.00487. The van der Waals surface area contributed by atoms with E-state index in [2.05, 4.69) is 4.98 Å². The Morgan fingerprint density at radius 2 is 1.92 bits per heavy atom. The van der Waals surface area contributed by atoms with Gasteiger partial charge in [0.1, 0.15) is 5.25 Å². The normalized spacial score (nSPS) is 17.5. The van der Waals surface area contributed by atoms with E-state index in [1.807, 2.05) is 24.3 Å². The summed E-state index contributed by atoms with van der Waals surface area (Å²) in [6.07, 6.45) is 1.77. The zero-order chi connectivity index (χ0) is 18.9. The maximum atomic E-state index is 12.6. The summed E-state index contributed by atoms with van der Waals surface area (Å²) in [7, 11) is -3.40. The van der Waals surface area contributed by atoms with Gasteiger partial charge in [-0.2, -0.15) is 0 Å². The van der Waals surface area contributed by atoms with E-state index in [0.29, 0.717) is 32.4 Å². The van der Waals surface area contributed by atoms with Crippen LogP contribution in [0.25, 0.3) is 11.0 Å². The van der Waals surface area contributed by atoms with E-state index in [4.69, 9.17) is 0 Å². The highest BCUT2D eigenvalue weighted by Gasteiger charge is 2.33. The Balaban J connectivity index is 1.72. The van der Waals surface area contributed by atoms with Gasteiger partial charge in [0.25, 0.3) is 0 Å². The van der Waals surface area contributed by atoms with E-state index in [1.165, 1.54) is 6.92 Å². The average Bonchev–Trinajstić information content (AvgIpc) is 2.96. The molecule has 1 fully saturated rings. The molecule has 1 atom stereocenters. The number of benzene rings is 1. The Kier molecular flexibility index (Phi) is 5.22. The highest BCUT2D eigenvalue weighted by atomic mass is 32.2. The van der Waals surface area contributed by atoms with Gasteiger partial charge in [0, 0.05) is 19.1 Å². The Bertz CT molecular complexity index is 952. The lowest BCUT2D eigenvalue weighted by atomic mass is 10.0. The van der Waals surface area contributed by atoms with Gasteiger partial charge in [-0.3, -0.25) is 9.36 Å². The van der Waals surface area contributed by atoms with Gasteiger partial charge in [-0.1, -0.05) is 19.1 Å². The molecule has 142 valence electrons. The van der Waals surface area contributed by atoms with E-state index in [9.17, 15) is 18.0 Å². The lowest BCUT2D eigenvalue weighted by molar-refractivity contribution is -0.131. The molecule has 0 bridgehead atoms. The Hall–Kier alpha value is -2.09. The third kappa shape index (κ3) is 3.42. The van der Waals surface area contributed by atoms with Gasteiger partial charge in [-0.15, -0.1) is 0 Å². The number of rotatable bonds is 5. The second-order valence-electron chi connectivity index (χ2n) is 6.88. The number of piperidine rings is 1. The molecule has 0 saturated carbocycles. The number of aromatic nitrogens is 2. The Labute approximate surface area is 152 Å². The summed E-state index contributed by atoms with van der Waals surface area (Å²) in [6.45, 7) is 4.19. The van der Waals surface area contributed by atoms with Crippen LogP contribution in [-0.4, -0.2) is 52.9 Å². The molecule has 1 unspecified atom stereocenters. The first-order valence-corrected chi connectivity index (χ1v) is 10.8. The SMILES string of the molecule is CCCS(=O)(=O)C(C)C(=O)N1CCC(n2c(=O)[nH]c3ccccc32)CC1. The van der Waals surface area contributed by atoms with Gasteiger partial charge in [-0.25, -0.2) is 13.2 Å². The fourth-order valence-corrected chi connectivity index (χ4v) is 5.03. The molecular weight excluding hydrogens is 354 g/mol. The van der Waals surface area contributed by atoms with Crippen molar-refractivity contribution in [3.63, 3.8) is 0 Å². The Morgan fingerprint density at radius 1 is 1.27 bits per heavy atom. The van der Waals surface area contributed by atoms with Gasteiger partial charge in [0.15, 0.2) is 9.84 Å². The molecule has 1 saturated heterocycles.